The maximum Gasteiger partial charge on any atom is 0.221 e. The van der Waals surface area contributed by atoms with E-state index in [0.717, 1.165) is 5.33 Å². The normalized spacial score (nSPS) is 9.00. The molecule has 0 bridgehead atoms. The summed E-state index contributed by atoms with van der Waals surface area (Å²) in [6, 6.07) is 0. The first kappa shape index (κ1) is 10.7. The lowest BCUT2D eigenvalue weighted by molar-refractivity contribution is -0.120. The lowest BCUT2D eigenvalue weighted by Crippen LogP contribution is -2.23. The number of halogens is 1. The molecular formula is C8H14BrNO. The van der Waals surface area contributed by atoms with Gasteiger partial charge in [0.2, 0.25) is 5.91 Å². The minimum Gasteiger partial charge on any atom is -0.353 e. The number of alkyl halides is 1. The minimum absolute atomic E-state index is 0.0966. The van der Waals surface area contributed by atoms with Crippen LogP contribution in [0.1, 0.15) is 20.3 Å². The zero-order chi connectivity index (χ0) is 8.69. The number of hydrogen-bond donors (Lipinski definition) is 1. The van der Waals surface area contributed by atoms with Gasteiger partial charge in [0, 0.05) is 18.3 Å². The third-order valence-corrected chi connectivity index (χ3v) is 1.53. The van der Waals surface area contributed by atoms with E-state index in [9.17, 15) is 4.79 Å². The molecule has 0 rings (SSSR count). The monoisotopic (exact) mass is 219 g/mol. The van der Waals surface area contributed by atoms with Gasteiger partial charge < -0.3 is 5.32 Å². The Kier molecular flexibility index (Phi) is 6.22. The summed E-state index contributed by atoms with van der Waals surface area (Å²) in [4.78, 5) is 10.9. The third kappa shape index (κ3) is 7.59. The van der Waals surface area contributed by atoms with Crippen molar-refractivity contribution >= 4 is 21.8 Å². The highest BCUT2D eigenvalue weighted by molar-refractivity contribution is 9.09. The molecule has 11 heavy (non-hydrogen) atoms. The summed E-state index contributed by atoms with van der Waals surface area (Å²) in [5.41, 5.74) is 1.23. The number of allylic oxidation sites excluding steroid dienone is 1. The van der Waals surface area contributed by atoms with E-state index in [4.69, 9.17) is 0 Å². The number of amides is 1. The largest absolute Gasteiger partial charge is 0.353 e. The maximum atomic E-state index is 10.9. The van der Waals surface area contributed by atoms with Crippen LogP contribution in [0.2, 0.25) is 0 Å². The standard InChI is InChI=1S/C8H14BrNO/c1-7(2)4-6-10-8(11)3-5-9/h4H,3,5-6H2,1-2H3,(H,10,11). The van der Waals surface area contributed by atoms with E-state index in [1.165, 1.54) is 5.57 Å². The number of hydrogen-bond acceptors (Lipinski definition) is 1. The lowest BCUT2D eigenvalue weighted by Gasteiger charge is -1.99. The van der Waals surface area contributed by atoms with Gasteiger partial charge in [-0.2, -0.15) is 0 Å². The predicted octanol–water partition coefficient (Wildman–Crippen LogP) is 1.85. The van der Waals surface area contributed by atoms with Gasteiger partial charge in [0.05, 0.1) is 0 Å². The topological polar surface area (TPSA) is 29.1 Å². The number of carbonyl (C=O) groups is 1. The van der Waals surface area contributed by atoms with E-state index in [1.807, 2.05) is 19.9 Å². The molecule has 1 N–H and O–H groups in total. The van der Waals surface area contributed by atoms with Gasteiger partial charge in [0.25, 0.3) is 0 Å². The van der Waals surface area contributed by atoms with E-state index in [0.29, 0.717) is 13.0 Å². The number of nitrogens with one attached hydrogen (secondary N) is 1. The first-order chi connectivity index (χ1) is 5.16. The van der Waals surface area contributed by atoms with Crippen molar-refractivity contribution in [2.75, 3.05) is 11.9 Å². The van der Waals surface area contributed by atoms with Crippen molar-refractivity contribution in [3.63, 3.8) is 0 Å². The zero-order valence-corrected chi connectivity index (χ0v) is 8.57. The summed E-state index contributed by atoms with van der Waals surface area (Å²) in [5.74, 6) is 0.0966. The van der Waals surface area contributed by atoms with Gasteiger partial charge in [-0.3, -0.25) is 4.79 Å². The van der Waals surface area contributed by atoms with Crippen molar-refractivity contribution in [1.29, 1.82) is 0 Å². The van der Waals surface area contributed by atoms with Crippen LogP contribution in [0.4, 0.5) is 0 Å². The molecule has 3 heteroatoms. The fourth-order valence-electron chi connectivity index (χ4n) is 0.543. The fourth-order valence-corrected chi connectivity index (χ4v) is 0.903. The Balaban J connectivity index is 3.39. The van der Waals surface area contributed by atoms with Crippen molar-refractivity contribution in [3.05, 3.63) is 11.6 Å². The molecule has 0 saturated heterocycles. The van der Waals surface area contributed by atoms with Crippen LogP contribution in [0, 0.1) is 0 Å². The van der Waals surface area contributed by atoms with Gasteiger partial charge in [0.1, 0.15) is 0 Å². The molecule has 0 aromatic carbocycles. The highest BCUT2D eigenvalue weighted by atomic mass is 79.9. The molecule has 0 fully saturated rings. The summed E-state index contributed by atoms with van der Waals surface area (Å²) in [5, 5.41) is 3.50. The number of carbonyl (C=O) groups excluding carboxylic acids is 1. The van der Waals surface area contributed by atoms with Gasteiger partial charge in [-0.1, -0.05) is 27.6 Å². The van der Waals surface area contributed by atoms with Gasteiger partial charge in [-0.15, -0.1) is 0 Å². The molecule has 0 unspecified atom stereocenters. The second-order valence-corrected chi connectivity index (χ2v) is 3.32. The molecule has 0 aliphatic rings. The Bertz CT molecular complexity index is 150. The van der Waals surface area contributed by atoms with E-state index in [-0.39, 0.29) is 5.91 Å². The van der Waals surface area contributed by atoms with Crippen molar-refractivity contribution in [2.45, 2.75) is 20.3 Å². The van der Waals surface area contributed by atoms with Crippen LogP contribution >= 0.6 is 15.9 Å². The SMILES string of the molecule is CC(C)=CCNC(=O)CCBr. The summed E-state index contributed by atoms with van der Waals surface area (Å²) < 4.78 is 0. The van der Waals surface area contributed by atoms with E-state index >= 15 is 0 Å². The van der Waals surface area contributed by atoms with Crippen LogP contribution in [0.3, 0.4) is 0 Å². The fraction of sp³-hybridized carbons (Fsp3) is 0.625. The van der Waals surface area contributed by atoms with Crippen molar-refractivity contribution < 1.29 is 4.79 Å². The summed E-state index contributed by atoms with van der Waals surface area (Å²) in [6.45, 7) is 4.67. The van der Waals surface area contributed by atoms with E-state index in [1.54, 1.807) is 0 Å². The van der Waals surface area contributed by atoms with Crippen LogP contribution < -0.4 is 5.32 Å². The molecule has 0 aliphatic heterocycles. The first-order valence-electron chi connectivity index (χ1n) is 3.63. The van der Waals surface area contributed by atoms with E-state index < -0.39 is 0 Å². The van der Waals surface area contributed by atoms with Gasteiger partial charge in [0.15, 0.2) is 0 Å². The average Bonchev–Trinajstić information content (AvgIpc) is 1.87. The average molecular weight is 220 g/mol. The Morgan fingerprint density at radius 2 is 2.18 bits per heavy atom. The molecule has 0 spiro atoms. The number of rotatable bonds is 4. The molecule has 2 nitrogen and oxygen atoms in total. The second kappa shape index (κ2) is 6.40. The third-order valence-electron chi connectivity index (χ3n) is 1.13. The Morgan fingerprint density at radius 3 is 2.64 bits per heavy atom. The van der Waals surface area contributed by atoms with Crippen LogP contribution in [0.25, 0.3) is 0 Å². The van der Waals surface area contributed by atoms with Crippen molar-refractivity contribution in [2.24, 2.45) is 0 Å². The molecule has 0 atom stereocenters. The van der Waals surface area contributed by atoms with Gasteiger partial charge in [-0.25, -0.2) is 0 Å². The Hall–Kier alpha value is -0.310. The quantitative estimate of drug-likeness (QED) is 0.568. The molecule has 0 radical (unpaired) electrons. The smallest absolute Gasteiger partial charge is 0.221 e. The maximum absolute atomic E-state index is 10.9. The highest BCUT2D eigenvalue weighted by Gasteiger charge is 1.95. The minimum atomic E-state index is 0.0966. The molecule has 0 heterocycles. The van der Waals surface area contributed by atoms with Gasteiger partial charge in [-0.05, 0) is 13.8 Å². The van der Waals surface area contributed by atoms with Crippen LogP contribution in [0.5, 0.6) is 0 Å². The molecular weight excluding hydrogens is 206 g/mol. The second-order valence-electron chi connectivity index (χ2n) is 2.52. The molecule has 0 aromatic rings. The summed E-state index contributed by atoms with van der Waals surface area (Å²) in [7, 11) is 0. The molecule has 0 saturated carbocycles. The van der Waals surface area contributed by atoms with Crippen LogP contribution in [-0.2, 0) is 4.79 Å². The van der Waals surface area contributed by atoms with Crippen molar-refractivity contribution in [1.82, 2.24) is 5.32 Å². The zero-order valence-electron chi connectivity index (χ0n) is 6.98. The van der Waals surface area contributed by atoms with Gasteiger partial charge >= 0.3 is 0 Å². The molecule has 1 amide bonds. The summed E-state index contributed by atoms with van der Waals surface area (Å²) in [6.07, 6.45) is 2.54. The predicted molar refractivity (Wildman–Crippen MR) is 50.9 cm³/mol. The van der Waals surface area contributed by atoms with Crippen LogP contribution in [-0.4, -0.2) is 17.8 Å². The molecule has 64 valence electrons. The Labute approximate surface area is 76.2 Å². The first-order valence-corrected chi connectivity index (χ1v) is 4.75. The van der Waals surface area contributed by atoms with Crippen molar-refractivity contribution in [3.8, 4) is 0 Å². The summed E-state index contributed by atoms with van der Waals surface area (Å²) >= 11 is 3.19. The van der Waals surface area contributed by atoms with Crippen LogP contribution in [0.15, 0.2) is 11.6 Å². The van der Waals surface area contributed by atoms with E-state index in [2.05, 4.69) is 21.2 Å². The molecule has 0 aromatic heterocycles. The lowest BCUT2D eigenvalue weighted by atomic mass is 10.3. The highest BCUT2D eigenvalue weighted by Crippen LogP contribution is 1.88. The Morgan fingerprint density at radius 1 is 1.55 bits per heavy atom. The molecule has 0 aliphatic carbocycles.